The Morgan fingerprint density at radius 1 is 0.920 bits per heavy atom. The second-order valence-electron chi connectivity index (χ2n) is 5.42. The molecule has 1 amide bonds. The standard InChI is InChI=1S/C20H19N3OS/c1-22-20(24)16-13-14(21)11-12-17(16)23-18-9-5-6-10-19(18)25-15-7-3-2-4-8-15/h2-13,23H,21H2,1H3,(H,22,24). The van der Waals surface area contributed by atoms with Gasteiger partial charge in [0, 0.05) is 22.5 Å². The van der Waals surface area contributed by atoms with Crippen LogP contribution in [0.3, 0.4) is 0 Å². The molecule has 3 aromatic carbocycles. The lowest BCUT2D eigenvalue weighted by Crippen LogP contribution is -2.19. The molecule has 0 radical (unpaired) electrons. The first-order chi connectivity index (χ1) is 12.2. The smallest absolute Gasteiger partial charge is 0.253 e. The normalized spacial score (nSPS) is 10.3. The largest absolute Gasteiger partial charge is 0.399 e. The summed E-state index contributed by atoms with van der Waals surface area (Å²) < 4.78 is 0. The van der Waals surface area contributed by atoms with Gasteiger partial charge in [-0.15, -0.1) is 0 Å². The van der Waals surface area contributed by atoms with Gasteiger partial charge < -0.3 is 16.4 Å². The van der Waals surface area contributed by atoms with Gasteiger partial charge in [0.2, 0.25) is 0 Å². The first kappa shape index (κ1) is 16.9. The van der Waals surface area contributed by atoms with E-state index in [1.54, 1.807) is 30.9 Å². The highest BCUT2D eigenvalue weighted by atomic mass is 32.2. The molecule has 0 fully saturated rings. The molecule has 0 spiro atoms. The highest BCUT2D eigenvalue weighted by molar-refractivity contribution is 7.99. The molecule has 0 heterocycles. The van der Waals surface area contributed by atoms with E-state index in [9.17, 15) is 4.79 Å². The van der Waals surface area contributed by atoms with E-state index in [0.29, 0.717) is 11.3 Å². The summed E-state index contributed by atoms with van der Waals surface area (Å²) in [5.74, 6) is -0.178. The summed E-state index contributed by atoms with van der Waals surface area (Å²) in [7, 11) is 1.61. The Labute approximate surface area is 151 Å². The van der Waals surface area contributed by atoms with Crippen molar-refractivity contribution < 1.29 is 4.79 Å². The number of rotatable bonds is 5. The number of benzene rings is 3. The number of nitrogens with two attached hydrogens (primary N) is 1. The van der Waals surface area contributed by atoms with Crippen LogP contribution in [-0.4, -0.2) is 13.0 Å². The second-order valence-corrected chi connectivity index (χ2v) is 6.54. The Morgan fingerprint density at radius 3 is 2.40 bits per heavy atom. The first-order valence-electron chi connectivity index (χ1n) is 7.88. The fourth-order valence-corrected chi connectivity index (χ4v) is 3.34. The molecule has 0 saturated carbocycles. The number of nitrogen functional groups attached to an aromatic ring is 1. The van der Waals surface area contributed by atoms with E-state index in [-0.39, 0.29) is 5.91 Å². The number of amides is 1. The third kappa shape index (κ3) is 4.14. The Kier molecular flexibility index (Phi) is 5.26. The van der Waals surface area contributed by atoms with Gasteiger partial charge in [-0.1, -0.05) is 42.1 Å². The zero-order valence-corrected chi connectivity index (χ0v) is 14.6. The van der Waals surface area contributed by atoms with Crippen LogP contribution in [0.4, 0.5) is 17.1 Å². The minimum atomic E-state index is -0.178. The highest BCUT2D eigenvalue weighted by Gasteiger charge is 2.12. The summed E-state index contributed by atoms with van der Waals surface area (Å²) in [6, 6.07) is 23.5. The zero-order valence-electron chi connectivity index (χ0n) is 13.8. The molecule has 3 aromatic rings. The van der Waals surface area contributed by atoms with Crippen molar-refractivity contribution in [1.29, 1.82) is 0 Å². The average molecular weight is 349 g/mol. The molecule has 0 bridgehead atoms. The van der Waals surface area contributed by atoms with E-state index in [2.05, 4.69) is 28.8 Å². The number of hydrogen-bond donors (Lipinski definition) is 3. The van der Waals surface area contributed by atoms with Crippen LogP contribution in [0, 0.1) is 0 Å². The lowest BCUT2D eigenvalue weighted by atomic mass is 10.1. The Hall–Kier alpha value is -2.92. The van der Waals surface area contributed by atoms with Crippen LogP contribution in [-0.2, 0) is 0 Å². The van der Waals surface area contributed by atoms with Gasteiger partial charge in [0.25, 0.3) is 5.91 Å². The second kappa shape index (κ2) is 7.77. The van der Waals surface area contributed by atoms with Gasteiger partial charge in [0.1, 0.15) is 0 Å². The van der Waals surface area contributed by atoms with Crippen LogP contribution in [0.15, 0.2) is 82.6 Å². The molecule has 4 nitrogen and oxygen atoms in total. The molecule has 25 heavy (non-hydrogen) atoms. The van der Waals surface area contributed by atoms with Gasteiger partial charge in [0.05, 0.1) is 16.9 Å². The van der Waals surface area contributed by atoms with Gasteiger partial charge >= 0.3 is 0 Å². The quantitative estimate of drug-likeness (QED) is 0.592. The predicted octanol–water partition coefficient (Wildman–Crippen LogP) is 4.52. The number of carbonyl (C=O) groups excluding carboxylic acids is 1. The first-order valence-corrected chi connectivity index (χ1v) is 8.69. The van der Waals surface area contributed by atoms with E-state index in [4.69, 9.17) is 5.73 Å². The van der Waals surface area contributed by atoms with E-state index < -0.39 is 0 Å². The van der Waals surface area contributed by atoms with Gasteiger partial charge in [-0.3, -0.25) is 4.79 Å². The third-order valence-corrected chi connectivity index (χ3v) is 4.73. The molecule has 0 aromatic heterocycles. The summed E-state index contributed by atoms with van der Waals surface area (Å²) in [5.41, 5.74) is 8.55. The van der Waals surface area contributed by atoms with E-state index in [1.165, 1.54) is 0 Å². The van der Waals surface area contributed by atoms with Crippen molar-refractivity contribution in [3.05, 3.63) is 78.4 Å². The number of carbonyl (C=O) groups is 1. The van der Waals surface area contributed by atoms with Crippen LogP contribution in [0.2, 0.25) is 0 Å². The number of hydrogen-bond acceptors (Lipinski definition) is 4. The van der Waals surface area contributed by atoms with Crippen LogP contribution >= 0.6 is 11.8 Å². The molecule has 0 atom stereocenters. The van der Waals surface area contributed by atoms with Crippen molar-refractivity contribution in [3.8, 4) is 0 Å². The van der Waals surface area contributed by atoms with Crippen LogP contribution < -0.4 is 16.4 Å². The summed E-state index contributed by atoms with van der Waals surface area (Å²) in [6.07, 6.45) is 0. The maximum absolute atomic E-state index is 12.1. The SMILES string of the molecule is CNC(=O)c1cc(N)ccc1Nc1ccccc1Sc1ccccc1. The topological polar surface area (TPSA) is 67.2 Å². The monoisotopic (exact) mass is 349 g/mol. The van der Waals surface area contributed by atoms with Crippen LogP contribution in [0.5, 0.6) is 0 Å². The van der Waals surface area contributed by atoms with E-state index >= 15 is 0 Å². The molecule has 0 aliphatic carbocycles. The van der Waals surface area contributed by atoms with Crippen molar-refractivity contribution in [2.45, 2.75) is 9.79 Å². The van der Waals surface area contributed by atoms with Crippen LogP contribution in [0.1, 0.15) is 10.4 Å². The molecule has 126 valence electrons. The van der Waals surface area contributed by atoms with Crippen molar-refractivity contribution in [2.75, 3.05) is 18.1 Å². The molecular formula is C20H19N3OS. The van der Waals surface area contributed by atoms with E-state index in [1.807, 2.05) is 42.5 Å². The molecule has 3 rings (SSSR count). The number of anilines is 3. The fourth-order valence-electron chi connectivity index (χ4n) is 2.41. The summed E-state index contributed by atoms with van der Waals surface area (Å²) in [4.78, 5) is 14.4. The third-order valence-electron chi connectivity index (χ3n) is 3.64. The summed E-state index contributed by atoms with van der Waals surface area (Å²) in [5, 5.41) is 6.02. The molecule has 0 aliphatic rings. The lowest BCUT2D eigenvalue weighted by molar-refractivity contribution is 0.0964. The van der Waals surface area contributed by atoms with Crippen molar-refractivity contribution >= 4 is 34.7 Å². The van der Waals surface area contributed by atoms with Gasteiger partial charge in [-0.05, 0) is 42.5 Å². The van der Waals surface area contributed by atoms with Crippen molar-refractivity contribution in [3.63, 3.8) is 0 Å². The van der Waals surface area contributed by atoms with Crippen molar-refractivity contribution in [1.82, 2.24) is 5.32 Å². The minimum Gasteiger partial charge on any atom is -0.399 e. The Morgan fingerprint density at radius 2 is 1.64 bits per heavy atom. The summed E-state index contributed by atoms with van der Waals surface area (Å²) >= 11 is 1.67. The number of para-hydroxylation sites is 1. The van der Waals surface area contributed by atoms with Crippen LogP contribution in [0.25, 0.3) is 0 Å². The summed E-state index contributed by atoms with van der Waals surface area (Å²) in [6.45, 7) is 0. The van der Waals surface area contributed by atoms with E-state index in [0.717, 1.165) is 21.2 Å². The van der Waals surface area contributed by atoms with Gasteiger partial charge in [0.15, 0.2) is 0 Å². The molecular weight excluding hydrogens is 330 g/mol. The number of nitrogens with one attached hydrogen (secondary N) is 2. The lowest BCUT2D eigenvalue weighted by Gasteiger charge is -2.15. The maximum atomic E-state index is 12.1. The minimum absolute atomic E-state index is 0.178. The van der Waals surface area contributed by atoms with Gasteiger partial charge in [-0.2, -0.15) is 0 Å². The predicted molar refractivity (Wildman–Crippen MR) is 105 cm³/mol. The zero-order chi connectivity index (χ0) is 17.6. The molecule has 0 unspecified atom stereocenters. The van der Waals surface area contributed by atoms with Crippen molar-refractivity contribution in [2.24, 2.45) is 0 Å². The molecule has 0 saturated heterocycles. The maximum Gasteiger partial charge on any atom is 0.253 e. The fraction of sp³-hybridized carbons (Fsp3) is 0.0500. The average Bonchev–Trinajstić information content (AvgIpc) is 2.65. The molecule has 0 aliphatic heterocycles. The highest BCUT2D eigenvalue weighted by Crippen LogP contribution is 2.35. The molecule has 5 heteroatoms. The Balaban J connectivity index is 1.93. The van der Waals surface area contributed by atoms with Gasteiger partial charge in [-0.25, -0.2) is 0 Å². The Bertz CT molecular complexity index is 881. The molecule has 4 N–H and O–H groups in total.